The van der Waals surface area contributed by atoms with E-state index in [1.54, 1.807) is 29.2 Å². The quantitative estimate of drug-likeness (QED) is 0.603. The first-order valence-electron chi connectivity index (χ1n) is 10.8. The second-order valence-corrected chi connectivity index (χ2v) is 7.87. The van der Waals surface area contributed by atoms with E-state index in [-0.39, 0.29) is 18.0 Å². The highest BCUT2D eigenvalue weighted by Crippen LogP contribution is 2.32. The molecule has 0 atom stereocenters. The van der Waals surface area contributed by atoms with Crippen molar-refractivity contribution in [2.45, 2.75) is 13.0 Å². The summed E-state index contributed by atoms with van der Waals surface area (Å²) in [6, 6.07) is 11.7. The highest BCUT2D eigenvalue weighted by molar-refractivity contribution is 5.94. The van der Waals surface area contributed by atoms with Crippen LogP contribution in [0.5, 0.6) is 11.6 Å². The van der Waals surface area contributed by atoms with Crippen molar-refractivity contribution in [2.24, 2.45) is 0 Å². The summed E-state index contributed by atoms with van der Waals surface area (Å²) in [5, 5.41) is 0. The lowest BCUT2D eigenvalue weighted by atomic mass is 10.0. The molecule has 1 saturated heterocycles. The van der Waals surface area contributed by atoms with Crippen LogP contribution in [0, 0.1) is 11.6 Å². The molecule has 7 nitrogen and oxygen atoms in total. The zero-order valence-electron chi connectivity index (χ0n) is 17.8. The first kappa shape index (κ1) is 21.3. The second-order valence-electron chi connectivity index (χ2n) is 7.87. The van der Waals surface area contributed by atoms with E-state index in [0.717, 1.165) is 5.69 Å². The minimum absolute atomic E-state index is 0.0133. The van der Waals surface area contributed by atoms with Crippen LogP contribution >= 0.6 is 0 Å². The summed E-state index contributed by atoms with van der Waals surface area (Å²) < 4.78 is 39.4. The summed E-state index contributed by atoms with van der Waals surface area (Å²) in [6.07, 6.45) is 0.467. The minimum atomic E-state index is -0.566. The molecular weight excluding hydrogens is 430 g/mol. The van der Waals surface area contributed by atoms with Crippen LogP contribution in [0.25, 0.3) is 0 Å². The maximum atomic E-state index is 14.2. The van der Waals surface area contributed by atoms with Gasteiger partial charge in [-0.2, -0.15) is 4.98 Å². The molecule has 1 amide bonds. The summed E-state index contributed by atoms with van der Waals surface area (Å²) in [7, 11) is 0. The van der Waals surface area contributed by atoms with Crippen molar-refractivity contribution in [3.63, 3.8) is 0 Å². The van der Waals surface area contributed by atoms with E-state index in [4.69, 9.17) is 14.5 Å². The maximum absolute atomic E-state index is 14.2. The van der Waals surface area contributed by atoms with Crippen LogP contribution in [-0.4, -0.2) is 53.6 Å². The lowest BCUT2D eigenvalue weighted by molar-refractivity contribution is 0.0727. The molecule has 0 saturated carbocycles. The zero-order valence-corrected chi connectivity index (χ0v) is 17.8. The predicted octanol–water partition coefficient (Wildman–Crippen LogP) is 3.58. The summed E-state index contributed by atoms with van der Waals surface area (Å²) in [6.45, 7) is 3.00. The molecule has 33 heavy (non-hydrogen) atoms. The van der Waals surface area contributed by atoms with Gasteiger partial charge in [-0.3, -0.25) is 4.79 Å². The number of amides is 1. The highest BCUT2D eigenvalue weighted by atomic mass is 19.1. The molecule has 2 aliphatic rings. The Morgan fingerprint density at radius 2 is 1.82 bits per heavy atom. The molecular formula is C24H22F2N4O3. The van der Waals surface area contributed by atoms with Crippen molar-refractivity contribution in [3.05, 3.63) is 77.0 Å². The molecule has 5 rings (SSSR count). The number of hydrogen-bond acceptors (Lipinski definition) is 6. The fourth-order valence-corrected chi connectivity index (χ4v) is 3.98. The molecule has 3 heterocycles. The van der Waals surface area contributed by atoms with E-state index in [9.17, 15) is 13.6 Å². The molecule has 0 radical (unpaired) electrons. The summed E-state index contributed by atoms with van der Waals surface area (Å²) in [5.41, 5.74) is 1.40. The number of carbonyl (C=O) groups excluding carboxylic acids is 1. The molecule has 0 N–H and O–H groups in total. The Balaban J connectivity index is 1.50. The standard InChI is InChI=1S/C24H22F2N4O3/c25-16-4-3-5-17(14-16)33-22-19-15-30(23(31)18-6-1-2-7-20(18)26)9-8-21(19)27-24(28-22)29-10-12-32-13-11-29/h1-7,14H,8-13,15H2. The van der Waals surface area contributed by atoms with E-state index >= 15 is 0 Å². The van der Waals surface area contributed by atoms with Gasteiger partial charge in [-0.25, -0.2) is 13.8 Å². The normalized spacial score (nSPS) is 15.8. The number of aromatic nitrogens is 2. The van der Waals surface area contributed by atoms with Crippen LogP contribution in [0.15, 0.2) is 48.5 Å². The molecule has 1 fully saturated rings. The van der Waals surface area contributed by atoms with Gasteiger partial charge in [0, 0.05) is 32.1 Å². The van der Waals surface area contributed by atoms with E-state index in [1.807, 2.05) is 4.90 Å². The van der Waals surface area contributed by atoms with Gasteiger partial charge in [0.15, 0.2) is 0 Å². The van der Waals surface area contributed by atoms with Crippen molar-refractivity contribution < 1.29 is 23.0 Å². The number of anilines is 1. The second kappa shape index (κ2) is 9.11. The van der Waals surface area contributed by atoms with Gasteiger partial charge in [0.2, 0.25) is 11.8 Å². The zero-order chi connectivity index (χ0) is 22.8. The van der Waals surface area contributed by atoms with Crippen LogP contribution in [0.4, 0.5) is 14.7 Å². The number of halogens is 2. The fraction of sp³-hybridized carbons (Fsp3) is 0.292. The van der Waals surface area contributed by atoms with Crippen molar-refractivity contribution >= 4 is 11.9 Å². The van der Waals surface area contributed by atoms with Crippen LogP contribution in [0.1, 0.15) is 21.6 Å². The molecule has 0 bridgehead atoms. The van der Waals surface area contributed by atoms with E-state index in [0.29, 0.717) is 56.5 Å². The minimum Gasteiger partial charge on any atom is -0.438 e. The Hall–Kier alpha value is -3.59. The Bertz CT molecular complexity index is 1180. The highest BCUT2D eigenvalue weighted by Gasteiger charge is 2.29. The van der Waals surface area contributed by atoms with Crippen LogP contribution in [0.3, 0.4) is 0 Å². The molecule has 0 aliphatic carbocycles. The number of morpholine rings is 1. The molecule has 2 aromatic carbocycles. The predicted molar refractivity (Wildman–Crippen MR) is 116 cm³/mol. The first-order valence-corrected chi connectivity index (χ1v) is 10.8. The maximum Gasteiger partial charge on any atom is 0.257 e. The summed E-state index contributed by atoms with van der Waals surface area (Å²) in [4.78, 5) is 25.9. The Morgan fingerprint density at radius 1 is 1.00 bits per heavy atom. The first-order chi connectivity index (χ1) is 16.1. The van der Waals surface area contributed by atoms with Gasteiger partial charge in [0.25, 0.3) is 5.91 Å². The van der Waals surface area contributed by atoms with Gasteiger partial charge in [-0.1, -0.05) is 18.2 Å². The molecule has 3 aromatic rings. The average molecular weight is 452 g/mol. The fourth-order valence-electron chi connectivity index (χ4n) is 3.98. The number of rotatable bonds is 4. The lowest BCUT2D eigenvalue weighted by Gasteiger charge is -2.32. The number of ether oxygens (including phenoxy) is 2. The van der Waals surface area contributed by atoms with Crippen LogP contribution < -0.4 is 9.64 Å². The third-order valence-corrected chi connectivity index (χ3v) is 5.71. The number of nitrogens with zero attached hydrogens (tertiary/aromatic N) is 4. The number of hydrogen-bond donors (Lipinski definition) is 0. The third kappa shape index (κ3) is 4.49. The SMILES string of the molecule is O=C(c1ccccc1F)N1CCc2nc(N3CCOCC3)nc(Oc3cccc(F)c3)c2C1. The Kier molecular flexibility index (Phi) is 5.87. The van der Waals surface area contributed by atoms with Crippen molar-refractivity contribution in [1.29, 1.82) is 0 Å². The number of fused-ring (bicyclic) bond motifs is 1. The van der Waals surface area contributed by atoms with Crippen LogP contribution in [-0.2, 0) is 17.7 Å². The van der Waals surface area contributed by atoms with Gasteiger partial charge in [0.05, 0.1) is 36.6 Å². The summed E-state index contributed by atoms with van der Waals surface area (Å²) >= 11 is 0. The van der Waals surface area contributed by atoms with Crippen LogP contribution in [0.2, 0.25) is 0 Å². The van der Waals surface area contributed by atoms with E-state index < -0.39 is 17.5 Å². The van der Waals surface area contributed by atoms with Gasteiger partial charge in [-0.05, 0) is 24.3 Å². The lowest BCUT2D eigenvalue weighted by Crippen LogP contribution is -2.39. The monoisotopic (exact) mass is 452 g/mol. The average Bonchev–Trinajstić information content (AvgIpc) is 2.84. The third-order valence-electron chi connectivity index (χ3n) is 5.71. The van der Waals surface area contributed by atoms with Gasteiger partial charge < -0.3 is 19.3 Å². The smallest absolute Gasteiger partial charge is 0.257 e. The van der Waals surface area contributed by atoms with Crippen molar-refractivity contribution in [2.75, 3.05) is 37.7 Å². The van der Waals surface area contributed by atoms with Crippen molar-refractivity contribution in [3.8, 4) is 11.6 Å². The molecule has 1 aromatic heterocycles. The van der Waals surface area contributed by atoms with Gasteiger partial charge in [0.1, 0.15) is 17.4 Å². The molecule has 9 heteroatoms. The van der Waals surface area contributed by atoms with Gasteiger partial charge in [-0.15, -0.1) is 0 Å². The summed E-state index contributed by atoms with van der Waals surface area (Å²) in [5.74, 6) is -0.340. The molecule has 2 aliphatic heterocycles. The van der Waals surface area contributed by atoms with E-state index in [2.05, 4.69) is 4.98 Å². The van der Waals surface area contributed by atoms with Gasteiger partial charge >= 0.3 is 0 Å². The largest absolute Gasteiger partial charge is 0.438 e. The Labute approximate surface area is 189 Å². The number of benzene rings is 2. The number of carbonyl (C=O) groups is 1. The molecule has 170 valence electrons. The van der Waals surface area contributed by atoms with Crippen molar-refractivity contribution in [1.82, 2.24) is 14.9 Å². The molecule has 0 spiro atoms. The Morgan fingerprint density at radius 3 is 2.61 bits per heavy atom. The topological polar surface area (TPSA) is 67.8 Å². The van der Waals surface area contributed by atoms with E-state index in [1.165, 1.54) is 24.3 Å². The molecule has 0 unspecified atom stereocenters.